The van der Waals surface area contributed by atoms with Crippen molar-refractivity contribution in [3.05, 3.63) is 58.2 Å². The van der Waals surface area contributed by atoms with E-state index in [4.69, 9.17) is 0 Å². The summed E-state index contributed by atoms with van der Waals surface area (Å²) in [5, 5.41) is 0. The number of hydrogen-bond acceptors (Lipinski definition) is 1. The van der Waals surface area contributed by atoms with Crippen molar-refractivity contribution in [3.63, 3.8) is 0 Å². The van der Waals surface area contributed by atoms with Crippen LogP contribution >= 0.6 is 0 Å². The Labute approximate surface area is 135 Å². The summed E-state index contributed by atoms with van der Waals surface area (Å²) in [5.74, 6) is 0. The first-order chi connectivity index (χ1) is 10.4. The quantitative estimate of drug-likeness (QED) is 0.361. The summed E-state index contributed by atoms with van der Waals surface area (Å²) in [4.78, 5) is 10.4. The Morgan fingerprint density at radius 2 is 1.91 bits per heavy atom. The molecule has 0 aromatic carbocycles. The molecule has 0 unspecified atom stereocenters. The lowest BCUT2D eigenvalue weighted by Crippen LogP contribution is -2.22. The fourth-order valence-electron chi connectivity index (χ4n) is 3.51. The smallest absolute Gasteiger partial charge is 0.143 e. The Balaban J connectivity index is 2.19. The minimum atomic E-state index is 0.332. The van der Waals surface area contributed by atoms with E-state index in [1.165, 1.54) is 36.8 Å². The van der Waals surface area contributed by atoms with E-state index >= 15 is 0 Å². The number of hydrogen-bond donors (Lipinski definition) is 0. The molecule has 0 aliphatic heterocycles. The van der Waals surface area contributed by atoms with Gasteiger partial charge in [0.2, 0.25) is 0 Å². The molecule has 0 aromatic rings. The van der Waals surface area contributed by atoms with Gasteiger partial charge in [-0.15, -0.1) is 0 Å². The van der Waals surface area contributed by atoms with E-state index in [2.05, 4.69) is 32.9 Å². The van der Waals surface area contributed by atoms with E-state index in [1.54, 1.807) is 17.2 Å². The summed E-state index contributed by atoms with van der Waals surface area (Å²) in [6.07, 6.45) is 17.4. The van der Waals surface area contributed by atoms with E-state index in [0.29, 0.717) is 5.41 Å². The van der Waals surface area contributed by atoms with Crippen LogP contribution in [0.15, 0.2) is 58.2 Å². The van der Waals surface area contributed by atoms with Gasteiger partial charge in [-0.3, -0.25) is 4.79 Å². The van der Waals surface area contributed by atoms with Crippen molar-refractivity contribution >= 4 is 6.29 Å². The molecule has 2 aliphatic rings. The molecule has 0 radical (unpaired) electrons. The minimum Gasteiger partial charge on any atom is -0.299 e. The molecule has 0 N–H and O–H groups in total. The third-order valence-corrected chi connectivity index (χ3v) is 4.95. The van der Waals surface area contributed by atoms with Gasteiger partial charge >= 0.3 is 0 Å². The second-order valence-electron chi connectivity index (χ2n) is 7.18. The van der Waals surface area contributed by atoms with Crippen LogP contribution < -0.4 is 0 Å². The van der Waals surface area contributed by atoms with E-state index in [-0.39, 0.29) is 0 Å². The Morgan fingerprint density at radius 3 is 2.64 bits per heavy atom. The molecular formula is C21H28O. The van der Waals surface area contributed by atoms with Crippen LogP contribution in [0.2, 0.25) is 0 Å². The summed E-state index contributed by atoms with van der Waals surface area (Å²) in [7, 11) is 0. The standard InChI is InChI=1S/C21H28O/c1-16(12-14-22)7-5-8-17(2)19-11-10-18-9-6-13-21(3,4)20(18)15-19/h5,7-8,12,14-15H,6,9-11,13H2,1-4H3/b7-5-,16-12+,17-8+. The third-order valence-electron chi connectivity index (χ3n) is 4.95. The second kappa shape index (κ2) is 7.09. The topological polar surface area (TPSA) is 17.1 Å². The summed E-state index contributed by atoms with van der Waals surface area (Å²) < 4.78 is 0. The van der Waals surface area contributed by atoms with E-state index in [9.17, 15) is 4.79 Å². The minimum absolute atomic E-state index is 0.332. The first-order valence-corrected chi connectivity index (χ1v) is 8.34. The maximum Gasteiger partial charge on any atom is 0.143 e. The lowest BCUT2D eigenvalue weighted by atomic mass is 9.68. The van der Waals surface area contributed by atoms with Crippen LogP contribution in [-0.4, -0.2) is 6.29 Å². The maximum atomic E-state index is 10.4. The van der Waals surface area contributed by atoms with Gasteiger partial charge in [-0.1, -0.05) is 43.7 Å². The zero-order valence-corrected chi connectivity index (χ0v) is 14.4. The van der Waals surface area contributed by atoms with Gasteiger partial charge in [-0.05, 0) is 79.7 Å². The monoisotopic (exact) mass is 296 g/mol. The summed E-state index contributed by atoms with van der Waals surface area (Å²) in [6.45, 7) is 8.90. The molecule has 22 heavy (non-hydrogen) atoms. The highest BCUT2D eigenvalue weighted by Crippen LogP contribution is 2.46. The molecule has 1 nitrogen and oxygen atoms in total. The Bertz CT molecular complexity index is 591. The van der Waals surface area contributed by atoms with Crippen LogP contribution in [0.1, 0.15) is 59.8 Å². The predicted molar refractivity (Wildman–Crippen MR) is 94.7 cm³/mol. The molecule has 0 aromatic heterocycles. The van der Waals surface area contributed by atoms with Crippen molar-refractivity contribution in [2.45, 2.75) is 59.8 Å². The molecule has 0 fully saturated rings. The van der Waals surface area contributed by atoms with Gasteiger partial charge in [0.1, 0.15) is 6.29 Å². The number of rotatable bonds is 4. The van der Waals surface area contributed by atoms with Gasteiger partial charge in [0, 0.05) is 0 Å². The maximum absolute atomic E-state index is 10.4. The van der Waals surface area contributed by atoms with Gasteiger partial charge in [0.05, 0.1) is 0 Å². The molecule has 0 amide bonds. The molecule has 0 spiro atoms. The van der Waals surface area contributed by atoms with E-state index in [0.717, 1.165) is 18.3 Å². The molecular weight excluding hydrogens is 268 g/mol. The van der Waals surface area contributed by atoms with Gasteiger partial charge in [0.15, 0.2) is 0 Å². The molecule has 0 atom stereocenters. The molecule has 0 saturated carbocycles. The van der Waals surface area contributed by atoms with Crippen LogP contribution in [0.25, 0.3) is 0 Å². The van der Waals surface area contributed by atoms with Crippen LogP contribution in [0.5, 0.6) is 0 Å². The normalized spacial score (nSPS) is 22.6. The lowest BCUT2D eigenvalue weighted by Gasteiger charge is -2.37. The summed E-state index contributed by atoms with van der Waals surface area (Å²) in [6, 6.07) is 0. The zero-order valence-electron chi connectivity index (χ0n) is 14.4. The van der Waals surface area contributed by atoms with Crippen molar-refractivity contribution in [3.8, 4) is 0 Å². The third kappa shape index (κ3) is 3.97. The van der Waals surface area contributed by atoms with E-state index in [1.807, 2.05) is 19.1 Å². The predicted octanol–water partition coefficient (Wildman–Crippen LogP) is 5.86. The number of aldehydes is 1. The molecule has 0 bridgehead atoms. The highest BCUT2D eigenvalue weighted by atomic mass is 16.1. The van der Waals surface area contributed by atoms with Gasteiger partial charge in [-0.25, -0.2) is 0 Å². The zero-order chi connectivity index (χ0) is 16.2. The lowest BCUT2D eigenvalue weighted by molar-refractivity contribution is -0.104. The Kier molecular flexibility index (Phi) is 5.39. The van der Waals surface area contributed by atoms with Crippen molar-refractivity contribution in [2.75, 3.05) is 0 Å². The van der Waals surface area contributed by atoms with Crippen molar-refractivity contribution in [1.29, 1.82) is 0 Å². The molecule has 118 valence electrons. The average Bonchev–Trinajstić information content (AvgIpc) is 2.47. The van der Waals surface area contributed by atoms with Crippen molar-refractivity contribution in [2.24, 2.45) is 5.41 Å². The highest BCUT2D eigenvalue weighted by molar-refractivity contribution is 5.67. The Hall–Kier alpha value is -1.63. The van der Waals surface area contributed by atoms with E-state index < -0.39 is 0 Å². The second-order valence-corrected chi connectivity index (χ2v) is 7.18. The van der Waals surface area contributed by atoms with Gasteiger partial charge < -0.3 is 0 Å². The van der Waals surface area contributed by atoms with Crippen LogP contribution in [-0.2, 0) is 4.79 Å². The number of carbonyl (C=O) groups is 1. The summed E-state index contributed by atoms with van der Waals surface area (Å²) in [5.41, 5.74) is 7.40. The highest BCUT2D eigenvalue weighted by Gasteiger charge is 2.30. The largest absolute Gasteiger partial charge is 0.299 e. The first kappa shape index (κ1) is 16.7. The van der Waals surface area contributed by atoms with Crippen molar-refractivity contribution < 1.29 is 4.79 Å². The van der Waals surface area contributed by atoms with Crippen molar-refractivity contribution in [1.82, 2.24) is 0 Å². The molecule has 2 aliphatic carbocycles. The molecule has 0 heterocycles. The molecule has 2 rings (SSSR count). The first-order valence-electron chi connectivity index (χ1n) is 8.34. The molecule has 0 saturated heterocycles. The summed E-state index contributed by atoms with van der Waals surface area (Å²) >= 11 is 0. The fourth-order valence-corrected chi connectivity index (χ4v) is 3.51. The van der Waals surface area contributed by atoms with Gasteiger partial charge in [-0.2, -0.15) is 0 Å². The number of carbonyl (C=O) groups excluding carboxylic acids is 1. The fraction of sp³-hybridized carbons (Fsp3) is 0.476. The van der Waals surface area contributed by atoms with Gasteiger partial charge in [0.25, 0.3) is 0 Å². The SMILES string of the molecule is CC(/C=C\C=C(/C)C1=CC2=C(CCCC2(C)C)CC1)=C\C=O. The van der Waals surface area contributed by atoms with Crippen LogP contribution in [0.3, 0.4) is 0 Å². The van der Waals surface area contributed by atoms with Crippen LogP contribution in [0, 0.1) is 5.41 Å². The average molecular weight is 296 g/mol. The molecule has 1 heteroatoms. The number of allylic oxidation sites excluding steroid dienone is 10. The Morgan fingerprint density at radius 1 is 1.14 bits per heavy atom. The van der Waals surface area contributed by atoms with Crippen LogP contribution in [0.4, 0.5) is 0 Å².